The summed E-state index contributed by atoms with van der Waals surface area (Å²) >= 11 is 4.40. The van der Waals surface area contributed by atoms with Gasteiger partial charge in [-0.1, -0.05) is 0 Å². The van der Waals surface area contributed by atoms with Gasteiger partial charge in [-0.25, -0.2) is 13.1 Å². The number of rotatable bonds is 6. The summed E-state index contributed by atoms with van der Waals surface area (Å²) in [7, 11) is -3.63. The van der Waals surface area contributed by atoms with Gasteiger partial charge >= 0.3 is 0 Å². The molecule has 1 aromatic carbocycles. The number of aromatic nitrogens is 4. The minimum atomic E-state index is -3.63. The molecular weight excluding hydrogens is 478 g/mol. The van der Waals surface area contributed by atoms with E-state index in [0.29, 0.717) is 23.1 Å². The Bertz CT molecular complexity index is 1240. The third-order valence-electron chi connectivity index (χ3n) is 3.73. The number of hydrogen-bond donors (Lipinski definition) is 1. The molecule has 0 fully saturated rings. The summed E-state index contributed by atoms with van der Waals surface area (Å²) in [5.74, 6) is 1.40. The summed E-state index contributed by atoms with van der Waals surface area (Å²) in [6, 6.07) is 15.1. The molecule has 3 heterocycles. The van der Waals surface area contributed by atoms with Crippen LogP contribution in [0.15, 0.2) is 68.8 Å². The van der Waals surface area contributed by atoms with Crippen LogP contribution in [0.1, 0.15) is 5.69 Å². The second kappa shape index (κ2) is 7.93. The van der Waals surface area contributed by atoms with Gasteiger partial charge in [0.05, 0.1) is 9.48 Å². The van der Waals surface area contributed by atoms with E-state index < -0.39 is 10.0 Å². The van der Waals surface area contributed by atoms with E-state index in [1.165, 1.54) is 0 Å². The highest BCUT2D eigenvalue weighted by molar-refractivity contribution is 9.11. The molecule has 0 amide bonds. The maximum Gasteiger partial charge on any atom is 0.271 e. The largest absolute Gasteiger partial charge is 0.438 e. The lowest BCUT2D eigenvalue weighted by atomic mass is 10.3. The summed E-state index contributed by atoms with van der Waals surface area (Å²) < 4.78 is 35.5. The molecule has 0 unspecified atom stereocenters. The van der Waals surface area contributed by atoms with Gasteiger partial charge in [0.25, 0.3) is 10.0 Å². The van der Waals surface area contributed by atoms with Crippen LogP contribution in [0.2, 0.25) is 0 Å². The van der Waals surface area contributed by atoms with E-state index in [2.05, 4.69) is 35.9 Å². The molecule has 11 heteroatoms. The van der Waals surface area contributed by atoms with Gasteiger partial charge < -0.3 is 4.74 Å². The zero-order chi connectivity index (χ0) is 20.4. The lowest BCUT2D eigenvalue weighted by Gasteiger charge is -2.08. The molecular formula is C18H14BrN5O3S2. The Labute approximate surface area is 179 Å². The smallest absolute Gasteiger partial charge is 0.271 e. The Hall–Kier alpha value is -2.76. The molecule has 3 aromatic heterocycles. The SMILES string of the molecule is Cc1ccn(-c2ccc(Oc3ccc(NS(=O)(=O)c4ccc(Br)s4)cc3)nn2)n1. The molecule has 29 heavy (non-hydrogen) atoms. The van der Waals surface area contributed by atoms with Gasteiger partial charge in [0.1, 0.15) is 9.96 Å². The van der Waals surface area contributed by atoms with Gasteiger partial charge in [0.15, 0.2) is 5.82 Å². The summed E-state index contributed by atoms with van der Waals surface area (Å²) in [4.78, 5) is 0. The van der Waals surface area contributed by atoms with E-state index in [1.807, 2.05) is 13.0 Å². The summed E-state index contributed by atoms with van der Waals surface area (Å²) in [6.07, 6.45) is 1.80. The highest BCUT2D eigenvalue weighted by Gasteiger charge is 2.16. The lowest BCUT2D eigenvalue weighted by molar-refractivity contribution is 0.454. The number of nitrogens with zero attached hydrogens (tertiary/aromatic N) is 4. The van der Waals surface area contributed by atoms with Crippen LogP contribution < -0.4 is 9.46 Å². The van der Waals surface area contributed by atoms with Crippen LogP contribution in [-0.4, -0.2) is 28.4 Å². The summed E-state index contributed by atoms with van der Waals surface area (Å²) in [5.41, 5.74) is 1.31. The van der Waals surface area contributed by atoms with Crippen LogP contribution in [0, 0.1) is 6.92 Å². The fourth-order valence-corrected chi connectivity index (χ4v) is 5.46. The second-order valence-electron chi connectivity index (χ2n) is 5.92. The number of halogens is 1. The normalized spacial score (nSPS) is 11.4. The number of benzene rings is 1. The van der Waals surface area contributed by atoms with Crippen LogP contribution in [0.4, 0.5) is 5.69 Å². The van der Waals surface area contributed by atoms with Crippen LogP contribution in [0.3, 0.4) is 0 Å². The molecule has 0 atom stereocenters. The standard InChI is InChI=1S/C18H14BrN5O3S2/c1-12-10-11-24(22-12)16-7-8-17(21-20-16)27-14-4-2-13(3-5-14)23-29(25,26)18-9-6-15(19)28-18/h2-11,23H,1H3. The maximum absolute atomic E-state index is 12.4. The average Bonchev–Trinajstić information content (AvgIpc) is 3.33. The maximum atomic E-state index is 12.4. The van der Waals surface area contributed by atoms with E-state index in [4.69, 9.17) is 4.74 Å². The molecule has 8 nitrogen and oxygen atoms in total. The zero-order valence-electron chi connectivity index (χ0n) is 15.0. The first-order chi connectivity index (χ1) is 13.9. The average molecular weight is 492 g/mol. The van der Waals surface area contributed by atoms with Crippen molar-refractivity contribution in [3.05, 3.63) is 70.3 Å². The first-order valence-corrected chi connectivity index (χ1v) is 11.4. The van der Waals surface area contributed by atoms with Crippen molar-refractivity contribution in [3.63, 3.8) is 0 Å². The van der Waals surface area contributed by atoms with Crippen molar-refractivity contribution in [2.45, 2.75) is 11.1 Å². The van der Waals surface area contributed by atoms with Crippen LogP contribution >= 0.6 is 27.3 Å². The minimum Gasteiger partial charge on any atom is -0.438 e. The molecule has 0 aliphatic heterocycles. The first kappa shape index (κ1) is 19.6. The van der Waals surface area contributed by atoms with Crippen molar-refractivity contribution in [1.82, 2.24) is 20.0 Å². The molecule has 148 valence electrons. The predicted molar refractivity (Wildman–Crippen MR) is 113 cm³/mol. The molecule has 4 aromatic rings. The number of hydrogen-bond acceptors (Lipinski definition) is 7. The van der Waals surface area contributed by atoms with E-state index in [1.54, 1.807) is 59.4 Å². The highest BCUT2D eigenvalue weighted by atomic mass is 79.9. The van der Waals surface area contributed by atoms with Crippen molar-refractivity contribution in [2.75, 3.05) is 4.72 Å². The van der Waals surface area contributed by atoms with Gasteiger partial charge in [0, 0.05) is 18.0 Å². The van der Waals surface area contributed by atoms with E-state index >= 15 is 0 Å². The van der Waals surface area contributed by atoms with Crippen molar-refractivity contribution in [3.8, 4) is 17.4 Å². The van der Waals surface area contributed by atoms with Gasteiger partial charge in [-0.05, 0) is 71.4 Å². The van der Waals surface area contributed by atoms with Crippen molar-refractivity contribution < 1.29 is 13.2 Å². The number of aryl methyl sites for hydroxylation is 1. The molecule has 0 aliphatic rings. The summed E-state index contributed by atoms with van der Waals surface area (Å²) in [5, 5.41) is 12.4. The van der Waals surface area contributed by atoms with Crippen LogP contribution in [-0.2, 0) is 10.0 Å². The van der Waals surface area contributed by atoms with Crippen molar-refractivity contribution in [2.24, 2.45) is 0 Å². The Morgan fingerprint density at radius 3 is 2.41 bits per heavy atom. The zero-order valence-corrected chi connectivity index (χ0v) is 18.2. The lowest BCUT2D eigenvalue weighted by Crippen LogP contribution is -2.11. The number of thiophene rings is 1. The molecule has 0 bridgehead atoms. The third-order valence-corrected chi connectivity index (χ3v) is 7.22. The molecule has 4 rings (SSSR count). The minimum absolute atomic E-state index is 0.229. The van der Waals surface area contributed by atoms with E-state index in [0.717, 1.165) is 20.8 Å². The Balaban J connectivity index is 1.43. The number of anilines is 1. The third kappa shape index (κ3) is 4.63. The van der Waals surface area contributed by atoms with E-state index in [9.17, 15) is 8.42 Å². The Morgan fingerprint density at radius 1 is 1.03 bits per heavy atom. The number of nitrogens with one attached hydrogen (secondary N) is 1. The topological polar surface area (TPSA) is 99.0 Å². The monoisotopic (exact) mass is 491 g/mol. The number of sulfonamides is 1. The van der Waals surface area contributed by atoms with Crippen molar-refractivity contribution in [1.29, 1.82) is 0 Å². The molecule has 0 radical (unpaired) electrons. The second-order valence-corrected chi connectivity index (χ2v) is 10.3. The van der Waals surface area contributed by atoms with Gasteiger partial charge in [-0.2, -0.15) is 5.10 Å². The molecule has 0 spiro atoms. The molecule has 0 saturated heterocycles. The first-order valence-electron chi connectivity index (χ1n) is 8.31. The molecule has 1 N–H and O–H groups in total. The fourth-order valence-electron chi connectivity index (χ4n) is 2.39. The van der Waals surface area contributed by atoms with Crippen LogP contribution in [0.5, 0.6) is 11.6 Å². The number of ether oxygens (including phenoxy) is 1. The fraction of sp³-hybridized carbons (Fsp3) is 0.0556. The molecule has 0 aliphatic carbocycles. The van der Waals surface area contributed by atoms with Crippen LogP contribution in [0.25, 0.3) is 5.82 Å². The predicted octanol–water partition coefficient (Wildman–Crippen LogP) is 4.39. The van der Waals surface area contributed by atoms with E-state index in [-0.39, 0.29) is 4.21 Å². The summed E-state index contributed by atoms with van der Waals surface area (Å²) in [6.45, 7) is 1.89. The quantitative estimate of drug-likeness (QED) is 0.429. The highest BCUT2D eigenvalue weighted by Crippen LogP contribution is 2.28. The Morgan fingerprint density at radius 2 is 1.83 bits per heavy atom. The van der Waals surface area contributed by atoms with Gasteiger partial charge in [-0.15, -0.1) is 21.5 Å². The van der Waals surface area contributed by atoms with Crippen molar-refractivity contribution >= 4 is 43.0 Å². The Kier molecular flexibility index (Phi) is 5.35. The van der Waals surface area contributed by atoms with Gasteiger partial charge in [-0.3, -0.25) is 4.72 Å². The van der Waals surface area contributed by atoms with Gasteiger partial charge in [0.2, 0.25) is 5.88 Å². The molecule has 0 saturated carbocycles.